The molecule has 2 N–H and O–H groups in total. The molecule has 5 nitrogen and oxygen atoms in total. The van der Waals surface area contributed by atoms with E-state index >= 15 is 0 Å². The summed E-state index contributed by atoms with van der Waals surface area (Å²) in [5.74, 6) is 0.0417. The molecule has 0 aliphatic heterocycles. The molecule has 0 atom stereocenters. The monoisotopic (exact) mass is 287 g/mol. The number of rotatable bonds is 3. The maximum Gasteiger partial charge on any atom is 0.233 e. The summed E-state index contributed by atoms with van der Waals surface area (Å²) in [5.41, 5.74) is 0.421. The summed E-state index contributed by atoms with van der Waals surface area (Å²) in [5, 5.41) is 5.82. The molecule has 0 spiro atoms. The van der Waals surface area contributed by atoms with Crippen LogP contribution in [-0.2, 0) is 0 Å². The first kappa shape index (κ1) is 12.8. The average molecular weight is 288 g/mol. The van der Waals surface area contributed by atoms with E-state index < -0.39 is 5.82 Å². The van der Waals surface area contributed by atoms with Crippen molar-refractivity contribution in [1.29, 1.82) is 0 Å². The minimum Gasteiger partial charge on any atom is -0.357 e. The molecular weight excluding hydrogens is 280 g/mol. The summed E-state index contributed by atoms with van der Waals surface area (Å²) in [4.78, 5) is 11.7. The lowest BCUT2D eigenvalue weighted by Crippen LogP contribution is -2.03. The zero-order chi connectivity index (χ0) is 13.1. The first-order chi connectivity index (χ1) is 8.56. The van der Waals surface area contributed by atoms with Crippen LogP contribution in [0.15, 0.2) is 18.2 Å². The van der Waals surface area contributed by atoms with Gasteiger partial charge in [0.2, 0.25) is 17.2 Å². The number of hydrogen-bond donors (Lipinski definition) is 2. The van der Waals surface area contributed by atoms with Crippen molar-refractivity contribution in [3.63, 3.8) is 0 Å². The fraction of sp³-hybridized carbons (Fsp3) is 0.100. The zero-order valence-electron chi connectivity index (χ0n) is 9.21. The fourth-order valence-corrected chi connectivity index (χ4v) is 1.65. The topological polar surface area (TPSA) is 62.7 Å². The first-order valence-corrected chi connectivity index (χ1v) is 5.65. The Morgan fingerprint density at radius 1 is 1.06 bits per heavy atom. The molecule has 0 saturated heterocycles. The van der Waals surface area contributed by atoms with Crippen LogP contribution in [0.3, 0.4) is 0 Å². The Bertz CT molecular complexity index is 558. The van der Waals surface area contributed by atoms with E-state index in [2.05, 4.69) is 25.6 Å². The van der Waals surface area contributed by atoms with Crippen molar-refractivity contribution in [2.75, 3.05) is 17.7 Å². The summed E-state index contributed by atoms with van der Waals surface area (Å²) in [6.07, 6.45) is 0. The summed E-state index contributed by atoms with van der Waals surface area (Å²) >= 11 is 11.4. The van der Waals surface area contributed by atoms with Crippen molar-refractivity contribution >= 4 is 40.8 Å². The molecule has 0 aliphatic carbocycles. The molecule has 0 amide bonds. The van der Waals surface area contributed by atoms with Crippen molar-refractivity contribution in [3.05, 3.63) is 34.3 Å². The molecule has 1 heterocycles. The summed E-state index contributed by atoms with van der Waals surface area (Å²) in [6.45, 7) is 0. The lowest BCUT2D eigenvalue weighted by atomic mass is 10.3. The molecule has 0 radical (unpaired) electrons. The molecular formula is C10H8Cl2FN5. The quantitative estimate of drug-likeness (QED) is 0.908. The van der Waals surface area contributed by atoms with Crippen molar-refractivity contribution in [3.8, 4) is 0 Å². The summed E-state index contributed by atoms with van der Waals surface area (Å²) in [6, 6.07) is 4.01. The number of nitrogens with one attached hydrogen (secondary N) is 2. The van der Waals surface area contributed by atoms with Crippen LogP contribution in [0, 0.1) is 5.82 Å². The van der Waals surface area contributed by atoms with E-state index in [1.165, 1.54) is 12.1 Å². The third-order valence-electron chi connectivity index (χ3n) is 1.95. The molecule has 94 valence electrons. The molecule has 0 aliphatic rings. The number of nitrogens with zero attached hydrogens (tertiary/aromatic N) is 3. The molecule has 2 rings (SSSR count). The molecule has 0 unspecified atom stereocenters. The fourth-order valence-electron chi connectivity index (χ4n) is 1.27. The van der Waals surface area contributed by atoms with Crippen LogP contribution in [0.5, 0.6) is 0 Å². The minimum absolute atomic E-state index is 0.0272. The Morgan fingerprint density at radius 2 is 1.78 bits per heavy atom. The zero-order valence-corrected chi connectivity index (χ0v) is 10.7. The van der Waals surface area contributed by atoms with Crippen LogP contribution in [0.2, 0.25) is 10.3 Å². The van der Waals surface area contributed by atoms with Gasteiger partial charge in [-0.1, -0.05) is 11.6 Å². The van der Waals surface area contributed by atoms with E-state index in [0.717, 1.165) is 0 Å². The highest BCUT2D eigenvalue weighted by Gasteiger charge is 2.05. The lowest BCUT2D eigenvalue weighted by molar-refractivity contribution is 0.628. The van der Waals surface area contributed by atoms with Gasteiger partial charge in [-0.3, -0.25) is 0 Å². The Hall–Kier alpha value is -1.66. The van der Waals surface area contributed by atoms with E-state index in [1.807, 2.05) is 0 Å². The minimum atomic E-state index is -0.459. The third kappa shape index (κ3) is 3.18. The third-order valence-corrected chi connectivity index (χ3v) is 2.34. The molecule has 1 aromatic carbocycles. The molecule has 18 heavy (non-hydrogen) atoms. The average Bonchev–Trinajstić information content (AvgIpc) is 2.26. The van der Waals surface area contributed by atoms with Gasteiger partial charge in [0.25, 0.3) is 0 Å². The van der Waals surface area contributed by atoms with Crippen LogP contribution in [0.4, 0.5) is 22.0 Å². The van der Waals surface area contributed by atoms with Crippen LogP contribution in [0.1, 0.15) is 0 Å². The lowest BCUT2D eigenvalue weighted by Gasteiger charge is -2.07. The molecule has 2 aromatic rings. The second-order valence-electron chi connectivity index (χ2n) is 3.28. The predicted molar refractivity (Wildman–Crippen MR) is 69.1 cm³/mol. The van der Waals surface area contributed by atoms with Gasteiger partial charge >= 0.3 is 0 Å². The van der Waals surface area contributed by atoms with Crippen molar-refractivity contribution in [1.82, 2.24) is 15.0 Å². The highest BCUT2D eigenvalue weighted by molar-refractivity contribution is 6.30. The molecule has 0 fully saturated rings. The molecule has 0 bridgehead atoms. The van der Waals surface area contributed by atoms with E-state index in [-0.39, 0.29) is 16.3 Å². The highest BCUT2D eigenvalue weighted by atomic mass is 35.5. The number of anilines is 3. The number of benzene rings is 1. The van der Waals surface area contributed by atoms with Gasteiger partial charge in [-0.05, 0) is 29.8 Å². The summed E-state index contributed by atoms with van der Waals surface area (Å²) in [7, 11) is 1.65. The van der Waals surface area contributed by atoms with E-state index in [4.69, 9.17) is 23.2 Å². The van der Waals surface area contributed by atoms with Crippen molar-refractivity contribution in [2.24, 2.45) is 0 Å². The van der Waals surface area contributed by atoms with Gasteiger partial charge in [-0.15, -0.1) is 0 Å². The first-order valence-electron chi connectivity index (χ1n) is 4.89. The van der Waals surface area contributed by atoms with Gasteiger partial charge in [0, 0.05) is 17.8 Å². The van der Waals surface area contributed by atoms with Crippen LogP contribution < -0.4 is 10.6 Å². The van der Waals surface area contributed by atoms with Crippen LogP contribution >= 0.6 is 23.2 Å². The van der Waals surface area contributed by atoms with E-state index in [9.17, 15) is 4.39 Å². The van der Waals surface area contributed by atoms with Gasteiger partial charge in [0.1, 0.15) is 5.82 Å². The number of aromatic nitrogens is 3. The largest absolute Gasteiger partial charge is 0.357 e. The SMILES string of the molecule is CNc1nc(Cl)nc(Nc2cc(F)cc(Cl)c2)n1. The molecule has 8 heteroatoms. The standard InChI is InChI=1S/C10H8Cl2FN5/c1-14-9-16-8(12)17-10(18-9)15-7-3-5(11)2-6(13)4-7/h2-4H,1H3,(H2,14,15,16,17,18). The van der Waals surface area contributed by atoms with Gasteiger partial charge in [0.15, 0.2) is 0 Å². The summed E-state index contributed by atoms with van der Waals surface area (Å²) < 4.78 is 13.1. The van der Waals surface area contributed by atoms with Gasteiger partial charge in [-0.2, -0.15) is 15.0 Å². The molecule has 0 saturated carbocycles. The van der Waals surface area contributed by atoms with Crippen LogP contribution in [0.25, 0.3) is 0 Å². The van der Waals surface area contributed by atoms with Crippen molar-refractivity contribution < 1.29 is 4.39 Å². The van der Waals surface area contributed by atoms with Gasteiger partial charge in [0.05, 0.1) is 0 Å². The Labute approximate surface area is 112 Å². The van der Waals surface area contributed by atoms with Gasteiger partial charge < -0.3 is 10.6 Å². The second-order valence-corrected chi connectivity index (χ2v) is 4.06. The Balaban J connectivity index is 2.30. The smallest absolute Gasteiger partial charge is 0.233 e. The number of halogens is 3. The number of hydrogen-bond acceptors (Lipinski definition) is 5. The van der Waals surface area contributed by atoms with Gasteiger partial charge in [-0.25, -0.2) is 4.39 Å². The van der Waals surface area contributed by atoms with Crippen molar-refractivity contribution in [2.45, 2.75) is 0 Å². The maximum absolute atomic E-state index is 13.1. The van der Waals surface area contributed by atoms with Crippen LogP contribution in [-0.4, -0.2) is 22.0 Å². The second kappa shape index (κ2) is 5.32. The maximum atomic E-state index is 13.1. The Morgan fingerprint density at radius 3 is 2.44 bits per heavy atom. The molecule has 1 aromatic heterocycles. The predicted octanol–water partition coefficient (Wildman–Crippen LogP) is 3.10. The van der Waals surface area contributed by atoms with E-state index in [0.29, 0.717) is 11.6 Å². The normalized spacial score (nSPS) is 10.2. The van der Waals surface area contributed by atoms with E-state index in [1.54, 1.807) is 13.1 Å². The highest BCUT2D eigenvalue weighted by Crippen LogP contribution is 2.21. The Kier molecular flexibility index (Phi) is 3.78.